The van der Waals surface area contributed by atoms with Gasteiger partial charge in [-0.1, -0.05) is 13.0 Å². The first-order valence-corrected chi connectivity index (χ1v) is 6.00. The summed E-state index contributed by atoms with van der Waals surface area (Å²) in [6.45, 7) is 2.08. The Morgan fingerprint density at radius 2 is 2.00 bits per heavy atom. The van der Waals surface area contributed by atoms with Crippen molar-refractivity contribution >= 4 is 6.08 Å². The Hall–Kier alpha value is -1.42. The van der Waals surface area contributed by atoms with E-state index in [2.05, 4.69) is 16.9 Å². The van der Waals surface area contributed by atoms with E-state index >= 15 is 0 Å². The summed E-state index contributed by atoms with van der Waals surface area (Å²) >= 11 is 0. The molecule has 0 aromatic carbocycles. The normalized spacial score (nSPS) is 23.6. The molecular weight excluding hydrogens is 216 g/mol. The van der Waals surface area contributed by atoms with Gasteiger partial charge in [0.15, 0.2) is 11.6 Å². The molecule has 1 aromatic heterocycles. The topological polar surface area (TPSA) is 44.2 Å². The van der Waals surface area contributed by atoms with Crippen LogP contribution in [-0.4, -0.2) is 29.3 Å². The first kappa shape index (κ1) is 12.0. The molecule has 1 saturated carbocycles. The Balaban J connectivity index is 1.84. The number of rotatable bonds is 5. The predicted octanol–water partition coefficient (Wildman–Crippen LogP) is 2.46. The fraction of sp³-hybridized carbons (Fsp3) is 0.538. The van der Waals surface area contributed by atoms with E-state index < -0.39 is 0 Å². The lowest BCUT2D eigenvalue weighted by molar-refractivity contribution is -0.0383. The molecule has 0 saturated heterocycles. The van der Waals surface area contributed by atoms with Crippen LogP contribution in [0.2, 0.25) is 0 Å². The number of allylic oxidation sites excluding steroid dienone is 1. The van der Waals surface area contributed by atoms with Crippen LogP contribution < -0.4 is 4.74 Å². The van der Waals surface area contributed by atoms with Crippen LogP contribution in [-0.2, 0) is 4.74 Å². The van der Waals surface area contributed by atoms with Crippen molar-refractivity contribution in [2.24, 2.45) is 0 Å². The van der Waals surface area contributed by atoms with Gasteiger partial charge in [-0.3, -0.25) is 0 Å². The molecule has 0 bridgehead atoms. The van der Waals surface area contributed by atoms with Crippen LogP contribution >= 0.6 is 0 Å². The van der Waals surface area contributed by atoms with E-state index in [4.69, 9.17) is 9.47 Å². The molecule has 0 unspecified atom stereocenters. The van der Waals surface area contributed by atoms with E-state index in [-0.39, 0.29) is 6.10 Å². The minimum Gasteiger partial charge on any atom is -0.487 e. The summed E-state index contributed by atoms with van der Waals surface area (Å²) in [5.41, 5.74) is 0. The summed E-state index contributed by atoms with van der Waals surface area (Å²) in [6, 6.07) is 0. The lowest BCUT2D eigenvalue weighted by Gasteiger charge is -2.33. The monoisotopic (exact) mass is 234 g/mol. The van der Waals surface area contributed by atoms with Crippen molar-refractivity contribution in [1.82, 2.24) is 9.97 Å². The van der Waals surface area contributed by atoms with Gasteiger partial charge < -0.3 is 9.47 Å². The predicted molar refractivity (Wildman–Crippen MR) is 65.8 cm³/mol. The molecule has 1 aliphatic carbocycles. The Morgan fingerprint density at radius 3 is 2.59 bits per heavy atom. The maximum absolute atomic E-state index is 5.71. The van der Waals surface area contributed by atoms with Crippen LogP contribution in [0.5, 0.6) is 5.75 Å². The van der Waals surface area contributed by atoms with Gasteiger partial charge in [0.1, 0.15) is 6.10 Å². The molecular formula is C13H18N2O2. The van der Waals surface area contributed by atoms with Gasteiger partial charge in [0.25, 0.3) is 0 Å². The average molecular weight is 234 g/mol. The van der Waals surface area contributed by atoms with Crippen molar-refractivity contribution in [2.75, 3.05) is 7.11 Å². The molecule has 1 aliphatic rings. The number of nitrogens with zero attached hydrogens (tertiary/aromatic N) is 2. The minimum absolute atomic E-state index is 0.251. The highest BCUT2D eigenvalue weighted by Gasteiger charge is 2.30. The number of aromatic nitrogens is 2. The summed E-state index contributed by atoms with van der Waals surface area (Å²) < 4.78 is 10.9. The minimum atomic E-state index is 0.251. The molecule has 2 rings (SSSR count). The van der Waals surface area contributed by atoms with Crippen molar-refractivity contribution in [3.63, 3.8) is 0 Å². The fourth-order valence-corrected chi connectivity index (χ4v) is 1.69. The van der Waals surface area contributed by atoms with E-state index in [0.717, 1.165) is 30.8 Å². The second-order valence-electron chi connectivity index (χ2n) is 4.16. The van der Waals surface area contributed by atoms with Gasteiger partial charge in [-0.25, -0.2) is 9.97 Å². The van der Waals surface area contributed by atoms with E-state index in [1.807, 2.05) is 12.2 Å². The van der Waals surface area contributed by atoms with Crippen molar-refractivity contribution in [2.45, 2.75) is 38.4 Å². The van der Waals surface area contributed by atoms with Gasteiger partial charge in [-0.15, -0.1) is 0 Å². The second-order valence-corrected chi connectivity index (χ2v) is 4.16. The standard InChI is InChI=1S/C13H18N2O2/c1-3-4-5-13-14-8-12(9-15-13)17-11-6-10(7-11)16-2/h4-5,8-11H,3,6-7H2,1-2H3/b5-4+. The molecule has 1 aromatic rings. The Labute approximate surface area is 102 Å². The third-order valence-electron chi connectivity index (χ3n) is 2.84. The van der Waals surface area contributed by atoms with Gasteiger partial charge in [0, 0.05) is 20.0 Å². The maximum Gasteiger partial charge on any atom is 0.156 e. The SMILES string of the molecule is CC/C=C/c1ncc(OC2CC(OC)C2)cn1. The molecule has 92 valence electrons. The van der Waals surface area contributed by atoms with Crippen LogP contribution in [0.15, 0.2) is 18.5 Å². The summed E-state index contributed by atoms with van der Waals surface area (Å²) in [5.74, 6) is 1.46. The molecule has 0 spiro atoms. The van der Waals surface area contributed by atoms with Crippen molar-refractivity contribution in [1.29, 1.82) is 0 Å². The molecule has 4 nitrogen and oxygen atoms in total. The molecule has 0 N–H and O–H groups in total. The maximum atomic E-state index is 5.71. The molecule has 1 heterocycles. The van der Waals surface area contributed by atoms with E-state index in [1.165, 1.54) is 0 Å². The van der Waals surface area contributed by atoms with E-state index in [1.54, 1.807) is 19.5 Å². The smallest absolute Gasteiger partial charge is 0.156 e. The molecule has 0 radical (unpaired) electrons. The van der Waals surface area contributed by atoms with Crippen LogP contribution in [0.1, 0.15) is 32.0 Å². The summed E-state index contributed by atoms with van der Waals surface area (Å²) in [7, 11) is 1.73. The van der Waals surface area contributed by atoms with Crippen molar-refractivity contribution < 1.29 is 9.47 Å². The van der Waals surface area contributed by atoms with Crippen molar-refractivity contribution in [3.8, 4) is 5.75 Å². The lowest BCUT2D eigenvalue weighted by Crippen LogP contribution is -2.38. The third kappa shape index (κ3) is 3.27. The molecule has 1 fully saturated rings. The summed E-state index contributed by atoms with van der Waals surface area (Å²) in [4.78, 5) is 8.43. The number of hydrogen-bond donors (Lipinski definition) is 0. The van der Waals surface area contributed by atoms with E-state index in [9.17, 15) is 0 Å². The molecule has 0 amide bonds. The highest BCUT2D eigenvalue weighted by Crippen LogP contribution is 2.27. The Kier molecular flexibility index (Phi) is 4.09. The van der Waals surface area contributed by atoms with Gasteiger partial charge in [-0.05, 0) is 12.5 Å². The van der Waals surface area contributed by atoms with Crippen LogP contribution in [0.4, 0.5) is 0 Å². The molecule has 4 heteroatoms. The Morgan fingerprint density at radius 1 is 1.29 bits per heavy atom. The highest BCUT2D eigenvalue weighted by molar-refractivity contribution is 5.39. The van der Waals surface area contributed by atoms with Crippen LogP contribution in [0, 0.1) is 0 Å². The zero-order valence-corrected chi connectivity index (χ0v) is 10.3. The first-order valence-electron chi connectivity index (χ1n) is 6.00. The molecule has 17 heavy (non-hydrogen) atoms. The average Bonchev–Trinajstić information content (AvgIpc) is 2.32. The van der Waals surface area contributed by atoms with E-state index in [0.29, 0.717) is 6.10 Å². The first-order chi connectivity index (χ1) is 8.31. The quantitative estimate of drug-likeness (QED) is 0.785. The number of hydrogen-bond acceptors (Lipinski definition) is 4. The zero-order chi connectivity index (χ0) is 12.1. The zero-order valence-electron chi connectivity index (χ0n) is 10.3. The van der Waals surface area contributed by atoms with Crippen LogP contribution in [0.3, 0.4) is 0 Å². The van der Waals surface area contributed by atoms with Crippen molar-refractivity contribution in [3.05, 3.63) is 24.3 Å². The highest BCUT2D eigenvalue weighted by atomic mass is 16.5. The largest absolute Gasteiger partial charge is 0.487 e. The molecule has 0 atom stereocenters. The lowest BCUT2D eigenvalue weighted by atomic mass is 9.92. The van der Waals surface area contributed by atoms with Gasteiger partial charge in [0.05, 0.1) is 18.5 Å². The second kappa shape index (κ2) is 5.77. The Bertz CT molecular complexity index is 370. The van der Waals surface area contributed by atoms with Gasteiger partial charge in [0.2, 0.25) is 0 Å². The summed E-state index contributed by atoms with van der Waals surface area (Å²) in [5, 5.41) is 0. The number of ether oxygens (including phenoxy) is 2. The summed E-state index contributed by atoms with van der Waals surface area (Å²) in [6.07, 6.45) is 10.9. The molecule has 0 aliphatic heterocycles. The van der Waals surface area contributed by atoms with Gasteiger partial charge in [-0.2, -0.15) is 0 Å². The number of methoxy groups -OCH3 is 1. The third-order valence-corrected chi connectivity index (χ3v) is 2.84. The van der Waals surface area contributed by atoms with Crippen LogP contribution in [0.25, 0.3) is 6.08 Å². The van der Waals surface area contributed by atoms with Gasteiger partial charge >= 0.3 is 0 Å². The fourth-order valence-electron chi connectivity index (χ4n) is 1.69.